The molecule has 102 valence electrons. The van der Waals surface area contributed by atoms with E-state index in [1.165, 1.54) is 3.57 Å². The van der Waals surface area contributed by atoms with E-state index in [0.29, 0.717) is 5.02 Å². The van der Waals surface area contributed by atoms with Crippen molar-refractivity contribution in [3.8, 4) is 0 Å². The van der Waals surface area contributed by atoms with E-state index >= 15 is 0 Å². The Kier molecular flexibility index (Phi) is 3.98. The summed E-state index contributed by atoms with van der Waals surface area (Å²) in [7, 11) is 0. The topological polar surface area (TPSA) is 51.2 Å². The first kappa shape index (κ1) is 13.9. The van der Waals surface area contributed by atoms with Gasteiger partial charge in [0.1, 0.15) is 17.4 Å². The van der Waals surface area contributed by atoms with Crippen molar-refractivity contribution in [2.24, 2.45) is 5.84 Å². The predicted octanol–water partition coefficient (Wildman–Crippen LogP) is 4.24. The molecule has 1 unspecified atom stereocenters. The molecule has 0 bridgehead atoms. The molecule has 0 spiro atoms. The number of rotatable bonds is 3. The molecule has 0 aliphatic heterocycles. The largest absolute Gasteiger partial charge is 0.459 e. The highest BCUT2D eigenvalue weighted by molar-refractivity contribution is 14.1. The van der Waals surface area contributed by atoms with Crippen LogP contribution in [0.4, 0.5) is 0 Å². The van der Waals surface area contributed by atoms with Gasteiger partial charge >= 0.3 is 0 Å². The standard InChI is InChI=1S/C15H12ClIN2O/c16-11-3-6-13-10(7-11)8-14(20-13)15(19-18)9-1-4-12(17)5-2-9/h1-8,15,19H,18H2. The number of nitrogens with one attached hydrogen (secondary N) is 1. The van der Waals surface area contributed by atoms with E-state index in [9.17, 15) is 0 Å². The van der Waals surface area contributed by atoms with Gasteiger partial charge < -0.3 is 4.42 Å². The van der Waals surface area contributed by atoms with Crippen molar-refractivity contribution in [3.05, 3.63) is 68.4 Å². The lowest BCUT2D eigenvalue weighted by Crippen LogP contribution is -2.28. The fraction of sp³-hybridized carbons (Fsp3) is 0.0667. The summed E-state index contributed by atoms with van der Waals surface area (Å²) in [4.78, 5) is 0. The minimum absolute atomic E-state index is 0.182. The summed E-state index contributed by atoms with van der Waals surface area (Å²) in [6, 6.07) is 15.5. The van der Waals surface area contributed by atoms with Crippen LogP contribution in [0.5, 0.6) is 0 Å². The lowest BCUT2D eigenvalue weighted by Gasteiger charge is -2.13. The quantitative estimate of drug-likeness (QED) is 0.394. The molecule has 3 N–H and O–H groups in total. The van der Waals surface area contributed by atoms with Crippen molar-refractivity contribution < 1.29 is 4.42 Å². The number of benzene rings is 2. The molecule has 5 heteroatoms. The first-order valence-electron chi connectivity index (χ1n) is 6.08. The zero-order chi connectivity index (χ0) is 14.1. The first-order valence-corrected chi connectivity index (χ1v) is 7.53. The van der Waals surface area contributed by atoms with E-state index in [1.54, 1.807) is 0 Å². The van der Waals surface area contributed by atoms with Gasteiger partial charge in [-0.15, -0.1) is 0 Å². The van der Waals surface area contributed by atoms with E-state index in [0.717, 1.165) is 22.3 Å². The third-order valence-electron chi connectivity index (χ3n) is 3.15. The van der Waals surface area contributed by atoms with E-state index in [-0.39, 0.29) is 6.04 Å². The molecule has 20 heavy (non-hydrogen) atoms. The number of fused-ring (bicyclic) bond motifs is 1. The van der Waals surface area contributed by atoms with Crippen LogP contribution < -0.4 is 11.3 Å². The summed E-state index contributed by atoms with van der Waals surface area (Å²) in [5, 5.41) is 1.66. The average molecular weight is 399 g/mol. The Labute approximate surface area is 135 Å². The minimum Gasteiger partial charge on any atom is -0.459 e. The Balaban J connectivity index is 2.04. The van der Waals surface area contributed by atoms with Gasteiger partial charge in [0, 0.05) is 14.0 Å². The number of furan rings is 1. The third kappa shape index (κ3) is 2.69. The summed E-state index contributed by atoms with van der Waals surface area (Å²) in [5.41, 5.74) is 4.66. The summed E-state index contributed by atoms with van der Waals surface area (Å²) in [6.07, 6.45) is 0. The van der Waals surface area contributed by atoms with Crippen LogP contribution in [0.3, 0.4) is 0 Å². The fourth-order valence-corrected chi connectivity index (χ4v) is 2.71. The molecule has 0 aliphatic rings. The Morgan fingerprint density at radius 3 is 2.55 bits per heavy atom. The number of halogens is 2. The molecule has 1 heterocycles. The summed E-state index contributed by atoms with van der Waals surface area (Å²) >= 11 is 8.26. The molecule has 3 aromatic rings. The second-order valence-electron chi connectivity index (χ2n) is 4.48. The van der Waals surface area contributed by atoms with Gasteiger partial charge in [0.2, 0.25) is 0 Å². The molecule has 0 saturated carbocycles. The Bertz CT molecular complexity index is 739. The summed E-state index contributed by atoms with van der Waals surface area (Å²) in [6.45, 7) is 0. The van der Waals surface area contributed by atoms with Crippen LogP contribution in [-0.2, 0) is 0 Å². The zero-order valence-electron chi connectivity index (χ0n) is 10.4. The average Bonchev–Trinajstić information content (AvgIpc) is 2.84. The number of hydrazine groups is 1. The zero-order valence-corrected chi connectivity index (χ0v) is 13.4. The molecule has 3 rings (SSSR count). The van der Waals surface area contributed by atoms with Crippen LogP contribution in [0.15, 0.2) is 52.9 Å². The molecular formula is C15H12ClIN2O. The van der Waals surface area contributed by atoms with Gasteiger partial charge in [0.15, 0.2) is 0 Å². The second-order valence-corrected chi connectivity index (χ2v) is 6.16. The van der Waals surface area contributed by atoms with Crippen molar-refractivity contribution in [2.45, 2.75) is 6.04 Å². The lowest BCUT2D eigenvalue weighted by atomic mass is 10.1. The van der Waals surface area contributed by atoms with Crippen LogP contribution in [0.25, 0.3) is 11.0 Å². The summed E-state index contributed by atoms with van der Waals surface area (Å²) in [5.74, 6) is 6.46. The van der Waals surface area contributed by atoms with Gasteiger partial charge in [-0.3, -0.25) is 5.84 Å². The highest BCUT2D eigenvalue weighted by atomic mass is 127. The number of nitrogens with two attached hydrogens (primary N) is 1. The van der Waals surface area contributed by atoms with Gasteiger partial charge in [-0.1, -0.05) is 23.7 Å². The van der Waals surface area contributed by atoms with Crippen molar-refractivity contribution in [3.63, 3.8) is 0 Å². The third-order valence-corrected chi connectivity index (χ3v) is 4.11. The number of hydrogen-bond acceptors (Lipinski definition) is 3. The van der Waals surface area contributed by atoms with Crippen LogP contribution in [0.2, 0.25) is 5.02 Å². The van der Waals surface area contributed by atoms with Crippen molar-refractivity contribution in [1.82, 2.24) is 5.43 Å². The summed E-state index contributed by atoms with van der Waals surface area (Å²) < 4.78 is 7.04. The Morgan fingerprint density at radius 1 is 1.10 bits per heavy atom. The molecule has 0 fully saturated rings. The molecule has 0 amide bonds. The van der Waals surface area contributed by atoms with E-state index < -0.39 is 0 Å². The van der Waals surface area contributed by atoms with Crippen molar-refractivity contribution in [2.75, 3.05) is 0 Å². The predicted molar refractivity (Wildman–Crippen MR) is 89.5 cm³/mol. The molecule has 1 aromatic heterocycles. The van der Waals surface area contributed by atoms with Crippen LogP contribution in [0.1, 0.15) is 17.4 Å². The lowest BCUT2D eigenvalue weighted by molar-refractivity contribution is 0.477. The van der Waals surface area contributed by atoms with Crippen LogP contribution >= 0.6 is 34.2 Å². The van der Waals surface area contributed by atoms with Crippen molar-refractivity contribution >= 4 is 45.2 Å². The van der Waals surface area contributed by atoms with Gasteiger partial charge in [0.25, 0.3) is 0 Å². The van der Waals surface area contributed by atoms with Crippen molar-refractivity contribution in [1.29, 1.82) is 0 Å². The molecule has 1 atom stereocenters. The molecular weight excluding hydrogens is 387 g/mol. The minimum atomic E-state index is -0.182. The smallest absolute Gasteiger partial charge is 0.134 e. The van der Waals surface area contributed by atoms with Crippen LogP contribution in [-0.4, -0.2) is 0 Å². The van der Waals surface area contributed by atoms with Gasteiger partial charge in [-0.05, 0) is 64.6 Å². The first-order chi connectivity index (χ1) is 9.67. The molecule has 2 aromatic carbocycles. The van der Waals surface area contributed by atoms with Gasteiger partial charge in [0.05, 0.1) is 0 Å². The Morgan fingerprint density at radius 2 is 1.85 bits per heavy atom. The van der Waals surface area contributed by atoms with Gasteiger partial charge in [-0.25, -0.2) is 5.43 Å². The normalized spacial score (nSPS) is 12.8. The van der Waals surface area contributed by atoms with E-state index in [1.807, 2.05) is 48.5 Å². The SMILES string of the molecule is NNC(c1ccc(I)cc1)c1cc2cc(Cl)ccc2o1. The molecule has 0 saturated heterocycles. The maximum absolute atomic E-state index is 5.99. The molecule has 3 nitrogen and oxygen atoms in total. The highest BCUT2D eigenvalue weighted by Crippen LogP contribution is 2.29. The maximum atomic E-state index is 5.99. The maximum Gasteiger partial charge on any atom is 0.134 e. The van der Waals surface area contributed by atoms with Crippen LogP contribution in [0, 0.1) is 3.57 Å². The Hall–Kier alpha value is -1.08. The fourth-order valence-electron chi connectivity index (χ4n) is 2.17. The van der Waals surface area contributed by atoms with E-state index in [4.69, 9.17) is 21.9 Å². The molecule has 0 aliphatic carbocycles. The van der Waals surface area contributed by atoms with Gasteiger partial charge in [-0.2, -0.15) is 0 Å². The second kappa shape index (κ2) is 5.73. The highest BCUT2D eigenvalue weighted by Gasteiger charge is 2.17. The van der Waals surface area contributed by atoms with E-state index in [2.05, 4.69) is 28.0 Å². The molecule has 0 radical (unpaired) electrons. The number of hydrogen-bond donors (Lipinski definition) is 2. The monoisotopic (exact) mass is 398 g/mol.